The van der Waals surface area contributed by atoms with E-state index in [9.17, 15) is 4.79 Å². The average Bonchev–Trinajstić information content (AvgIpc) is 2.98. The zero-order chi connectivity index (χ0) is 13.8. The molecule has 0 bridgehead atoms. The van der Waals surface area contributed by atoms with Gasteiger partial charge in [0.1, 0.15) is 5.82 Å². The molecule has 1 amide bonds. The first kappa shape index (κ1) is 13.6. The number of thiophene rings is 1. The lowest BCUT2D eigenvalue weighted by Gasteiger charge is -2.02. The summed E-state index contributed by atoms with van der Waals surface area (Å²) in [7, 11) is 0. The van der Waals surface area contributed by atoms with Crippen LogP contribution in [0.25, 0.3) is 0 Å². The first-order valence-electron chi connectivity index (χ1n) is 6.65. The monoisotopic (exact) mass is 308 g/mol. The maximum Gasteiger partial charge on any atom is 0.230 e. The third-order valence-electron chi connectivity index (χ3n) is 3.05. The van der Waals surface area contributed by atoms with Crippen molar-refractivity contribution in [2.45, 2.75) is 30.3 Å². The van der Waals surface area contributed by atoms with Crippen LogP contribution in [0, 0.1) is 0 Å². The minimum Gasteiger partial charge on any atom is -0.355 e. The molecule has 0 saturated heterocycles. The van der Waals surface area contributed by atoms with Crippen molar-refractivity contribution in [2.24, 2.45) is 0 Å². The third kappa shape index (κ3) is 3.83. The van der Waals surface area contributed by atoms with E-state index < -0.39 is 0 Å². The van der Waals surface area contributed by atoms with Crippen LogP contribution in [-0.4, -0.2) is 33.4 Å². The highest BCUT2D eigenvalue weighted by Crippen LogP contribution is 2.38. The van der Waals surface area contributed by atoms with Gasteiger partial charge in [-0.2, -0.15) is 0 Å². The number of nitrogens with one attached hydrogen (secondary N) is 2. The van der Waals surface area contributed by atoms with E-state index in [0.717, 1.165) is 12.2 Å². The van der Waals surface area contributed by atoms with Crippen LogP contribution in [-0.2, 0) is 11.2 Å². The summed E-state index contributed by atoms with van der Waals surface area (Å²) in [5, 5.41) is 12.7. The highest BCUT2D eigenvalue weighted by molar-refractivity contribution is 7.99. The summed E-state index contributed by atoms with van der Waals surface area (Å²) in [5.74, 6) is 1.93. The van der Waals surface area contributed by atoms with Gasteiger partial charge in [-0.1, -0.05) is 17.8 Å². The first-order chi connectivity index (χ1) is 9.81. The summed E-state index contributed by atoms with van der Waals surface area (Å²) in [6.07, 6.45) is 3.28. The number of H-pyrrole nitrogens is 1. The van der Waals surface area contributed by atoms with Crippen molar-refractivity contribution in [3.63, 3.8) is 0 Å². The molecule has 0 spiro atoms. The van der Waals surface area contributed by atoms with Crippen LogP contribution in [0.2, 0.25) is 0 Å². The molecular formula is C13H16N4OS2. The smallest absolute Gasteiger partial charge is 0.230 e. The van der Waals surface area contributed by atoms with Crippen LogP contribution >= 0.6 is 23.1 Å². The number of nitrogens with zero attached hydrogens (tertiary/aromatic N) is 2. The van der Waals surface area contributed by atoms with Gasteiger partial charge in [-0.3, -0.25) is 9.89 Å². The number of rotatable bonds is 7. The molecule has 0 aromatic carbocycles. The standard InChI is InChI=1S/C13H16N4OS2/c18-11(14-6-5-10-2-1-7-19-10)8-20-13-15-12(16-17-13)9-3-4-9/h1-2,7,9H,3-6,8H2,(H,14,18)(H,15,16,17). The predicted molar refractivity (Wildman–Crippen MR) is 80.1 cm³/mol. The van der Waals surface area contributed by atoms with E-state index in [2.05, 4.69) is 26.6 Å². The van der Waals surface area contributed by atoms with Gasteiger partial charge in [-0.05, 0) is 30.7 Å². The summed E-state index contributed by atoms with van der Waals surface area (Å²) in [6.45, 7) is 0.682. The summed E-state index contributed by atoms with van der Waals surface area (Å²) >= 11 is 3.10. The quantitative estimate of drug-likeness (QED) is 0.769. The van der Waals surface area contributed by atoms with Crippen LogP contribution in [0.3, 0.4) is 0 Å². The molecule has 2 heterocycles. The summed E-state index contributed by atoms with van der Waals surface area (Å²) in [6, 6.07) is 4.11. The van der Waals surface area contributed by atoms with Crippen molar-refractivity contribution in [1.29, 1.82) is 0 Å². The second kappa shape index (κ2) is 6.41. The van der Waals surface area contributed by atoms with Gasteiger partial charge >= 0.3 is 0 Å². The van der Waals surface area contributed by atoms with E-state index in [-0.39, 0.29) is 5.91 Å². The topological polar surface area (TPSA) is 70.7 Å². The number of aromatic nitrogens is 3. The van der Waals surface area contributed by atoms with Crippen LogP contribution < -0.4 is 5.32 Å². The lowest BCUT2D eigenvalue weighted by Crippen LogP contribution is -2.27. The van der Waals surface area contributed by atoms with Crippen molar-refractivity contribution in [3.8, 4) is 0 Å². The molecule has 0 unspecified atom stereocenters. The Labute approximate surface area is 125 Å². The van der Waals surface area contributed by atoms with Gasteiger partial charge < -0.3 is 5.32 Å². The van der Waals surface area contributed by atoms with Gasteiger partial charge in [-0.25, -0.2) is 4.98 Å². The Morgan fingerprint density at radius 3 is 3.20 bits per heavy atom. The summed E-state index contributed by atoms with van der Waals surface area (Å²) in [5.41, 5.74) is 0. The Bertz CT molecular complexity index is 563. The molecule has 2 aromatic rings. The van der Waals surface area contributed by atoms with Crippen LogP contribution in [0.4, 0.5) is 0 Å². The Morgan fingerprint density at radius 1 is 1.55 bits per heavy atom. The van der Waals surface area contributed by atoms with E-state index in [4.69, 9.17) is 0 Å². The predicted octanol–water partition coefficient (Wildman–Crippen LogP) is 2.19. The van der Waals surface area contributed by atoms with Crippen molar-refractivity contribution >= 4 is 29.0 Å². The maximum atomic E-state index is 11.7. The Kier molecular flexibility index (Phi) is 4.37. The van der Waals surface area contributed by atoms with E-state index in [1.165, 1.54) is 29.5 Å². The van der Waals surface area contributed by atoms with Crippen LogP contribution in [0.15, 0.2) is 22.7 Å². The highest BCUT2D eigenvalue weighted by Gasteiger charge is 2.27. The third-order valence-corrected chi connectivity index (χ3v) is 4.84. The molecular weight excluding hydrogens is 292 g/mol. The molecule has 7 heteroatoms. The molecule has 5 nitrogen and oxygen atoms in total. The van der Waals surface area contributed by atoms with Gasteiger partial charge in [0.25, 0.3) is 0 Å². The molecule has 2 N–H and O–H groups in total. The number of hydrogen-bond acceptors (Lipinski definition) is 5. The van der Waals surface area contributed by atoms with Gasteiger partial charge in [0.15, 0.2) is 0 Å². The lowest BCUT2D eigenvalue weighted by atomic mass is 10.3. The van der Waals surface area contributed by atoms with Gasteiger partial charge in [0.05, 0.1) is 5.75 Å². The lowest BCUT2D eigenvalue weighted by molar-refractivity contribution is -0.118. The molecule has 2 aromatic heterocycles. The maximum absolute atomic E-state index is 11.7. The molecule has 1 fully saturated rings. The molecule has 3 rings (SSSR count). The van der Waals surface area contributed by atoms with Gasteiger partial charge in [0, 0.05) is 17.3 Å². The molecule has 0 atom stereocenters. The Hall–Kier alpha value is -1.34. The largest absolute Gasteiger partial charge is 0.355 e. The molecule has 20 heavy (non-hydrogen) atoms. The number of hydrogen-bond donors (Lipinski definition) is 2. The second-order valence-electron chi connectivity index (χ2n) is 4.75. The van der Waals surface area contributed by atoms with E-state index in [0.29, 0.717) is 23.4 Å². The molecule has 1 saturated carbocycles. The minimum atomic E-state index is 0.0318. The molecule has 1 aliphatic rings. The molecule has 106 valence electrons. The van der Waals surface area contributed by atoms with Gasteiger partial charge in [0.2, 0.25) is 11.1 Å². The van der Waals surface area contributed by atoms with Crippen LogP contribution in [0.5, 0.6) is 0 Å². The van der Waals surface area contributed by atoms with Crippen LogP contribution in [0.1, 0.15) is 29.5 Å². The molecule has 1 aliphatic carbocycles. The second-order valence-corrected chi connectivity index (χ2v) is 6.72. The van der Waals surface area contributed by atoms with Gasteiger partial charge in [-0.15, -0.1) is 16.4 Å². The first-order valence-corrected chi connectivity index (χ1v) is 8.52. The van der Waals surface area contributed by atoms with Crippen molar-refractivity contribution in [1.82, 2.24) is 20.5 Å². The average molecular weight is 308 g/mol. The van der Waals surface area contributed by atoms with E-state index in [1.807, 2.05) is 11.4 Å². The minimum absolute atomic E-state index is 0.0318. The van der Waals surface area contributed by atoms with E-state index >= 15 is 0 Å². The Balaban J connectivity index is 1.35. The number of aromatic amines is 1. The fraction of sp³-hybridized carbons (Fsp3) is 0.462. The Morgan fingerprint density at radius 2 is 2.45 bits per heavy atom. The molecule has 0 radical (unpaired) electrons. The van der Waals surface area contributed by atoms with Crippen molar-refractivity contribution < 1.29 is 4.79 Å². The fourth-order valence-electron chi connectivity index (χ4n) is 1.82. The zero-order valence-corrected chi connectivity index (χ0v) is 12.6. The number of thioether (sulfide) groups is 1. The van der Waals surface area contributed by atoms with Crippen molar-refractivity contribution in [3.05, 3.63) is 28.2 Å². The SMILES string of the molecule is O=C(CSc1n[nH]c(C2CC2)n1)NCCc1cccs1. The number of amides is 1. The fourth-order valence-corrected chi connectivity index (χ4v) is 3.17. The van der Waals surface area contributed by atoms with E-state index in [1.54, 1.807) is 11.3 Å². The zero-order valence-electron chi connectivity index (χ0n) is 11.0. The number of carbonyl (C=O) groups is 1. The molecule has 0 aliphatic heterocycles. The summed E-state index contributed by atoms with van der Waals surface area (Å²) in [4.78, 5) is 17.4. The van der Waals surface area contributed by atoms with Crippen molar-refractivity contribution in [2.75, 3.05) is 12.3 Å². The normalized spacial score (nSPS) is 14.4. The highest BCUT2D eigenvalue weighted by atomic mass is 32.2. The number of carbonyl (C=O) groups excluding carboxylic acids is 1. The summed E-state index contributed by atoms with van der Waals surface area (Å²) < 4.78 is 0.